The topological polar surface area (TPSA) is 0 Å². The maximum atomic E-state index is 4.68. The van der Waals surface area contributed by atoms with Gasteiger partial charge in [-0.15, -0.1) is 19.2 Å². The minimum absolute atomic E-state index is 0.0481. The summed E-state index contributed by atoms with van der Waals surface area (Å²) in [6.45, 7) is 6.26. The molecular formula is C18H24S. The van der Waals surface area contributed by atoms with Gasteiger partial charge in [-0.1, -0.05) is 55.7 Å². The first-order valence-electron chi connectivity index (χ1n) is 7.30. The number of rotatable bonds is 4. The third-order valence-electron chi connectivity index (χ3n) is 4.43. The van der Waals surface area contributed by atoms with Crippen molar-refractivity contribution in [3.63, 3.8) is 0 Å². The van der Waals surface area contributed by atoms with Crippen LogP contribution in [0.3, 0.4) is 0 Å². The standard InChI is InChI=1S/C18H24S/c1-3-14-18(4-2,15-10-6-5-7-11-15)16-12-8-9-13-17(16)19/h3-4,8-9,12-15,19H,2,5-7,10-11H2,1H3/b14-3+. The second kappa shape index (κ2) is 6.47. The van der Waals surface area contributed by atoms with Crippen LogP contribution >= 0.6 is 12.6 Å². The maximum Gasteiger partial charge on any atom is 0.0348 e. The molecule has 1 heteroatoms. The summed E-state index contributed by atoms with van der Waals surface area (Å²) in [5.74, 6) is 0.656. The third kappa shape index (κ3) is 2.81. The van der Waals surface area contributed by atoms with Gasteiger partial charge in [-0.05, 0) is 37.3 Å². The Morgan fingerprint density at radius 1 is 1.21 bits per heavy atom. The molecule has 19 heavy (non-hydrogen) atoms. The molecule has 0 N–H and O–H groups in total. The van der Waals surface area contributed by atoms with Gasteiger partial charge in [-0.2, -0.15) is 0 Å². The van der Waals surface area contributed by atoms with Gasteiger partial charge in [-0.25, -0.2) is 0 Å². The van der Waals surface area contributed by atoms with Crippen LogP contribution in [0.15, 0.2) is 54.0 Å². The van der Waals surface area contributed by atoms with E-state index in [1.54, 1.807) is 0 Å². The minimum atomic E-state index is -0.0481. The summed E-state index contributed by atoms with van der Waals surface area (Å²) in [5, 5.41) is 0. The van der Waals surface area contributed by atoms with Crippen molar-refractivity contribution in [2.24, 2.45) is 5.92 Å². The van der Waals surface area contributed by atoms with E-state index < -0.39 is 0 Å². The summed E-state index contributed by atoms with van der Waals surface area (Å²) in [6.07, 6.45) is 13.3. The third-order valence-corrected chi connectivity index (χ3v) is 4.82. The van der Waals surface area contributed by atoms with E-state index in [2.05, 4.69) is 68.6 Å². The van der Waals surface area contributed by atoms with E-state index in [0.29, 0.717) is 5.92 Å². The minimum Gasteiger partial charge on any atom is -0.143 e. The van der Waals surface area contributed by atoms with Crippen molar-refractivity contribution >= 4 is 12.6 Å². The predicted octanol–water partition coefficient (Wildman–Crippen LogP) is 5.56. The zero-order chi connectivity index (χ0) is 13.7. The summed E-state index contributed by atoms with van der Waals surface area (Å²) in [7, 11) is 0. The average molecular weight is 272 g/mol. The summed E-state index contributed by atoms with van der Waals surface area (Å²) in [5.41, 5.74) is 1.26. The first kappa shape index (κ1) is 14.5. The van der Waals surface area contributed by atoms with Gasteiger partial charge in [0.2, 0.25) is 0 Å². The fourth-order valence-corrected chi connectivity index (χ4v) is 3.84. The van der Waals surface area contributed by atoms with Gasteiger partial charge in [-0.3, -0.25) is 0 Å². The Balaban J connectivity index is 2.50. The van der Waals surface area contributed by atoms with E-state index in [-0.39, 0.29) is 5.41 Å². The molecule has 1 aliphatic carbocycles. The highest BCUT2D eigenvalue weighted by Crippen LogP contribution is 2.45. The Bertz CT molecular complexity index is 455. The van der Waals surface area contributed by atoms with E-state index >= 15 is 0 Å². The fourth-order valence-electron chi connectivity index (χ4n) is 3.49. The van der Waals surface area contributed by atoms with Crippen molar-refractivity contribution in [2.75, 3.05) is 0 Å². The molecule has 1 atom stereocenters. The SMILES string of the molecule is C=CC(/C=C/C)(c1ccccc1S)C1CCCCC1. The molecule has 1 fully saturated rings. The molecular weight excluding hydrogens is 248 g/mol. The van der Waals surface area contributed by atoms with Crippen LogP contribution < -0.4 is 0 Å². The molecule has 0 amide bonds. The zero-order valence-corrected chi connectivity index (χ0v) is 12.7. The Hall–Kier alpha value is -0.950. The first-order valence-corrected chi connectivity index (χ1v) is 7.75. The highest BCUT2D eigenvalue weighted by Gasteiger charge is 2.36. The van der Waals surface area contributed by atoms with Gasteiger partial charge in [0.25, 0.3) is 0 Å². The fraction of sp³-hybridized carbons (Fsp3) is 0.444. The van der Waals surface area contributed by atoms with Crippen LogP contribution in [0.25, 0.3) is 0 Å². The van der Waals surface area contributed by atoms with Crippen LogP contribution in [0, 0.1) is 5.92 Å². The molecule has 1 unspecified atom stereocenters. The van der Waals surface area contributed by atoms with Crippen molar-refractivity contribution in [1.82, 2.24) is 0 Å². The van der Waals surface area contributed by atoms with Crippen molar-refractivity contribution < 1.29 is 0 Å². The van der Waals surface area contributed by atoms with E-state index in [9.17, 15) is 0 Å². The lowest BCUT2D eigenvalue weighted by Gasteiger charge is -2.39. The molecule has 102 valence electrons. The maximum absolute atomic E-state index is 4.68. The first-order chi connectivity index (χ1) is 9.24. The second-order valence-corrected chi connectivity index (χ2v) is 5.97. The molecule has 0 aromatic heterocycles. The van der Waals surface area contributed by atoms with Gasteiger partial charge >= 0.3 is 0 Å². The molecule has 1 saturated carbocycles. The number of hydrogen-bond donors (Lipinski definition) is 1. The molecule has 0 aliphatic heterocycles. The van der Waals surface area contributed by atoms with Crippen LogP contribution in [0.4, 0.5) is 0 Å². The van der Waals surface area contributed by atoms with Crippen LogP contribution in [0.5, 0.6) is 0 Å². The summed E-state index contributed by atoms with van der Waals surface area (Å²) in [6, 6.07) is 8.46. The highest BCUT2D eigenvalue weighted by atomic mass is 32.1. The molecule has 0 heterocycles. The quantitative estimate of drug-likeness (QED) is 0.538. The lowest BCUT2D eigenvalue weighted by atomic mass is 9.65. The smallest absolute Gasteiger partial charge is 0.0348 e. The Morgan fingerprint density at radius 2 is 1.89 bits per heavy atom. The largest absolute Gasteiger partial charge is 0.143 e. The zero-order valence-electron chi connectivity index (χ0n) is 11.8. The molecule has 1 aromatic carbocycles. The monoisotopic (exact) mass is 272 g/mol. The van der Waals surface area contributed by atoms with Crippen molar-refractivity contribution in [3.05, 3.63) is 54.6 Å². The van der Waals surface area contributed by atoms with Gasteiger partial charge in [0.1, 0.15) is 0 Å². The Labute approximate surface area is 123 Å². The normalized spacial score (nSPS) is 20.3. The summed E-state index contributed by atoms with van der Waals surface area (Å²) >= 11 is 4.68. The van der Waals surface area contributed by atoms with E-state index in [0.717, 1.165) is 4.90 Å². The molecule has 0 bridgehead atoms. The summed E-state index contributed by atoms with van der Waals surface area (Å²) < 4.78 is 0. The number of benzene rings is 1. The van der Waals surface area contributed by atoms with Gasteiger partial charge in [0.15, 0.2) is 0 Å². The van der Waals surface area contributed by atoms with Crippen LogP contribution in [0.2, 0.25) is 0 Å². The van der Waals surface area contributed by atoms with Crippen molar-refractivity contribution in [2.45, 2.75) is 49.3 Å². The van der Waals surface area contributed by atoms with Gasteiger partial charge < -0.3 is 0 Å². The van der Waals surface area contributed by atoms with E-state index in [4.69, 9.17) is 0 Å². The predicted molar refractivity (Wildman–Crippen MR) is 87.0 cm³/mol. The molecule has 0 saturated heterocycles. The van der Waals surface area contributed by atoms with Gasteiger partial charge in [0, 0.05) is 10.3 Å². The molecule has 2 rings (SSSR count). The van der Waals surface area contributed by atoms with Crippen LogP contribution in [-0.2, 0) is 5.41 Å². The molecule has 0 spiro atoms. The van der Waals surface area contributed by atoms with E-state index in [1.807, 2.05) is 0 Å². The van der Waals surface area contributed by atoms with Crippen LogP contribution in [-0.4, -0.2) is 0 Å². The van der Waals surface area contributed by atoms with Gasteiger partial charge in [0.05, 0.1) is 0 Å². The molecule has 0 nitrogen and oxygen atoms in total. The molecule has 1 aromatic rings. The summed E-state index contributed by atoms with van der Waals surface area (Å²) in [4.78, 5) is 1.08. The lowest BCUT2D eigenvalue weighted by Crippen LogP contribution is -2.33. The second-order valence-electron chi connectivity index (χ2n) is 5.49. The Kier molecular flexibility index (Phi) is 4.93. The lowest BCUT2D eigenvalue weighted by molar-refractivity contribution is 0.282. The number of thiol groups is 1. The molecule has 1 aliphatic rings. The van der Waals surface area contributed by atoms with Crippen molar-refractivity contribution in [1.29, 1.82) is 0 Å². The number of hydrogen-bond acceptors (Lipinski definition) is 1. The molecule has 0 radical (unpaired) electrons. The highest BCUT2D eigenvalue weighted by molar-refractivity contribution is 7.80. The number of allylic oxidation sites excluding steroid dienone is 3. The Morgan fingerprint density at radius 3 is 2.47 bits per heavy atom. The van der Waals surface area contributed by atoms with Crippen LogP contribution in [0.1, 0.15) is 44.6 Å². The van der Waals surface area contributed by atoms with Crippen molar-refractivity contribution in [3.8, 4) is 0 Å². The van der Waals surface area contributed by atoms with E-state index in [1.165, 1.54) is 37.7 Å². The average Bonchev–Trinajstić information content (AvgIpc) is 2.47.